The molecule has 0 bridgehead atoms. The smallest absolute Gasteiger partial charge is 0.356 e. The van der Waals surface area contributed by atoms with Gasteiger partial charge in [0.2, 0.25) is 0 Å². The molecular weight excluding hydrogens is 232 g/mol. The van der Waals surface area contributed by atoms with Crippen LogP contribution < -0.4 is 0 Å². The molecule has 2 aromatic heterocycles. The summed E-state index contributed by atoms with van der Waals surface area (Å²) in [4.78, 5) is 19.8. The Morgan fingerprint density at radius 1 is 1.44 bits per heavy atom. The summed E-state index contributed by atoms with van der Waals surface area (Å²) in [6.45, 7) is 1.82. The monoisotopic (exact) mass is 244 g/mol. The van der Waals surface area contributed by atoms with Crippen molar-refractivity contribution in [3.8, 4) is 11.4 Å². The highest BCUT2D eigenvalue weighted by Gasteiger charge is 2.28. The van der Waals surface area contributed by atoms with E-state index >= 15 is 0 Å². The number of carboxylic acids is 1. The van der Waals surface area contributed by atoms with E-state index in [4.69, 9.17) is 5.11 Å². The number of rotatable bonds is 1. The number of aryl methyl sites for hydroxylation is 3. The van der Waals surface area contributed by atoms with Crippen LogP contribution in [0, 0.1) is 6.92 Å². The van der Waals surface area contributed by atoms with Gasteiger partial charge in [-0.05, 0) is 25.3 Å². The van der Waals surface area contributed by atoms with E-state index in [-0.39, 0.29) is 5.69 Å². The summed E-state index contributed by atoms with van der Waals surface area (Å²) < 4.78 is 1.60. The highest BCUT2D eigenvalue weighted by atomic mass is 16.4. The molecule has 6 nitrogen and oxygen atoms in total. The molecule has 0 atom stereocenters. The van der Waals surface area contributed by atoms with Gasteiger partial charge in [0, 0.05) is 18.8 Å². The molecular formula is C12H12N4O2. The molecule has 0 saturated heterocycles. The minimum absolute atomic E-state index is 0.134. The fourth-order valence-electron chi connectivity index (χ4n) is 2.42. The zero-order valence-corrected chi connectivity index (χ0v) is 10.1. The van der Waals surface area contributed by atoms with Crippen LogP contribution in [-0.2, 0) is 19.9 Å². The van der Waals surface area contributed by atoms with Crippen LogP contribution in [0.1, 0.15) is 27.4 Å². The van der Waals surface area contributed by atoms with Gasteiger partial charge in [0.15, 0.2) is 5.69 Å². The third kappa shape index (κ3) is 1.42. The average molecular weight is 244 g/mol. The summed E-state index contributed by atoms with van der Waals surface area (Å²) in [5.74, 6) is -0.305. The van der Waals surface area contributed by atoms with Crippen LogP contribution in [0.2, 0.25) is 0 Å². The zero-order valence-electron chi connectivity index (χ0n) is 10.1. The quantitative estimate of drug-likeness (QED) is 0.808. The van der Waals surface area contributed by atoms with Gasteiger partial charge < -0.3 is 5.11 Å². The highest BCUT2D eigenvalue weighted by Crippen LogP contribution is 2.33. The average Bonchev–Trinajstić information content (AvgIpc) is 2.67. The van der Waals surface area contributed by atoms with E-state index in [0.29, 0.717) is 12.2 Å². The summed E-state index contributed by atoms with van der Waals surface area (Å²) in [6.07, 6.45) is 3.24. The van der Waals surface area contributed by atoms with Gasteiger partial charge in [0.25, 0.3) is 0 Å². The molecule has 2 aromatic rings. The van der Waals surface area contributed by atoms with Crippen LogP contribution in [0.15, 0.2) is 6.20 Å². The van der Waals surface area contributed by atoms with E-state index in [1.54, 1.807) is 11.7 Å². The van der Waals surface area contributed by atoms with E-state index in [1.165, 1.54) is 0 Å². The molecule has 3 rings (SSSR count). The molecule has 0 radical (unpaired) electrons. The maximum absolute atomic E-state index is 11.2. The van der Waals surface area contributed by atoms with Gasteiger partial charge in [0.05, 0.1) is 11.4 Å². The van der Waals surface area contributed by atoms with Crippen molar-refractivity contribution in [1.82, 2.24) is 19.7 Å². The number of carbonyl (C=O) groups is 1. The topological polar surface area (TPSA) is 80.9 Å². The first-order valence-electron chi connectivity index (χ1n) is 5.70. The molecule has 0 saturated carbocycles. The van der Waals surface area contributed by atoms with E-state index in [2.05, 4.69) is 15.1 Å². The molecule has 92 valence electrons. The maximum atomic E-state index is 11.2. The minimum atomic E-state index is -0.985. The first kappa shape index (κ1) is 10.9. The van der Waals surface area contributed by atoms with Gasteiger partial charge >= 0.3 is 5.97 Å². The van der Waals surface area contributed by atoms with E-state index in [1.807, 2.05) is 13.1 Å². The number of nitrogens with zero attached hydrogens (tertiary/aromatic N) is 4. The summed E-state index contributed by atoms with van der Waals surface area (Å²) in [6, 6.07) is 0. The van der Waals surface area contributed by atoms with Crippen molar-refractivity contribution in [2.75, 3.05) is 0 Å². The van der Waals surface area contributed by atoms with E-state index in [9.17, 15) is 4.79 Å². The largest absolute Gasteiger partial charge is 0.476 e. The standard InChI is InChI=1S/C12H12N4O2/c1-6-13-5-7-3-4-8-10(12(17)18)15-16(2)11(8)9(7)14-6/h5H,3-4H2,1-2H3,(H,17,18). The van der Waals surface area contributed by atoms with Gasteiger partial charge in [-0.3, -0.25) is 4.68 Å². The third-order valence-electron chi connectivity index (χ3n) is 3.20. The lowest BCUT2D eigenvalue weighted by atomic mass is 9.93. The number of carboxylic acid groups (broad SMARTS) is 1. The van der Waals surface area contributed by atoms with Crippen LogP contribution in [0.4, 0.5) is 0 Å². The Kier molecular flexibility index (Phi) is 2.19. The molecule has 18 heavy (non-hydrogen) atoms. The summed E-state index contributed by atoms with van der Waals surface area (Å²) in [5, 5.41) is 13.2. The van der Waals surface area contributed by atoms with Gasteiger partial charge in [-0.2, -0.15) is 5.10 Å². The molecule has 0 unspecified atom stereocenters. The lowest BCUT2D eigenvalue weighted by molar-refractivity contribution is 0.0688. The molecule has 6 heteroatoms. The number of aromatic nitrogens is 4. The predicted octanol–water partition coefficient (Wildman–Crippen LogP) is 0.982. The normalized spacial score (nSPS) is 13.0. The molecule has 0 fully saturated rings. The molecule has 1 aliphatic carbocycles. The summed E-state index contributed by atoms with van der Waals surface area (Å²) in [5.41, 5.74) is 3.57. The second-order valence-corrected chi connectivity index (χ2v) is 4.40. The van der Waals surface area contributed by atoms with Crippen LogP contribution >= 0.6 is 0 Å². The lowest BCUT2D eigenvalue weighted by Gasteiger charge is -2.16. The van der Waals surface area contributed by atoms with Crippen molar-refractivity contribution in [3.05, 3.63) is 28.8 Å². The number of fused-ring (bicyclic) bond motifs is 3. The summed E-state index contributed by atoms with van der Waals surface area (Å²) >= 11 is 0. The molecule has 0 aromatic carbocycles. The van der Waals surface area contributed by atoms with Crippen LogP contribution in [-0.4, -0.2) is 30.8 Å². The second-order valence-electron chi connectivity index (χ2n) is 4.40. The first-order chi connectivity index (χ1) is 8.58. The molecule has 0 spiro atoms. The predicted molar refractivity (Wildman–Crippen MR) is 63.3 cm³/mol. The van der Waals surface area contributed by atoms with Crippen molar-refractivity contribution in [2.24, 2.45) is 7.05 Å². The van der Waals surface area contributed by atoms with Crippen molar-refractivity contribution in [1.29, 1.82) is 0 Å². The fourth-order valence-corrected chi connectivity index (χ4v) is 2.42. The SMILES string of the molecule is Cc1ncc2c(n1)-c1c(c(C(=O)O)nn1C)CC2. The molecule has 0 aliphatic heterocycles. The second kappa shape index (κ2) is 3.63. The van der Waals surface area contributed by atoms with Crippen molar-refractivity contribution >= 4 is 5.97 Å². The Morgan fingerprint density at radius 3 is 2.94 bits per heavy atom. The Bertz CT molecular complexity index is 660. The molecule has 1 N–H and O–H groups in total. The number of hydrogen-bond acceptors (Lipinski definition) is 4. The summed E-state index contributed by atoms with van der Waals surface area (Å²) in [7, 11) is 1.75. The van der Waals surface area contributed by atoms with Crippen LogP contribution in [0.5, 0.6) is 0 Å². The van der Waals surface area contributed by atoms with Gasteiger partial charge in [0.1, 0.15) is 5.82 Å². The van der Waals surface area contributed by atoms with Gasteiger partial charge in [-0.15, -0.1) is 0 Å². The molecule has 0 amide bonds. The number of aromatic carboxylic acids is 1. The van der Waals surface area contributed by atoms with Gasteiger partial charge in [-0.25, -0.2) is 14.8 Å². The Labute approximate surface area is 103 Å². The Balaban J connectivity index is 2.30. The van der Waals surface area contributed by atoms with Gasteiger partial charge in [-0.1, -0.05) is 0 Å². The number of hydrogen-bond donors (Lipinski definition) is 1. The minimum Gasteiger partial charge on any atom is -0.476 e. The highest BCUT2D eigenvalue weighted by molar-refractivity contribution is 5.90. The van der Waals surface area contributed by atoms with E-state index < -0.39 is 5.97 Å². The molecule has 2 heterocycles. The van der Waals surface area contributed by atoms with Crippen molar-refractivity contribution in [2.45, 2.75) is 19.8 Å². The van der Waals surface area contributed by atoms with E-state index in [0.717, 1.165) is 28.9 Å². The zero-order chi connectivity index (χ0) is 12.9. The third-order valence-corrected chi connectivity index (χ3v) is 3.20. The van der Waals surface area contributed by atoms with Crippen molar-refractivity contribution < 1.29 is 9.90 Å². The maximum Gasteiger partial charge on any atom is 0.356 e. The first-order valence-corrected chi connectivity index (χ1v) is 5.70. The van der Waals surface area contributed by atoms with Crippen LogP contribution in [0.25, 0.3) is 11.4 Å². The van der Waals surface area contributed by atoms with Crippen LogP contribution in [0.3, 0.4) is 0 Å². The molecule has 1 aliphatic rings. The fraction of sp³-hybridized carbons (Fsp3) is 0.333. The lowest BCUT2D eigenvalue weighted by Crippen LogP contribution is -2.10. The Hall–Kier alpha value is -2.24. The van der Waals surface area contributed by atoms with Crippen molar-refractivity contribution in [3.63, 3.8) is 0 Å². The Morgan fingerprint density at radius 2 is 2.22 bits per heavy atom.